The van der Waals surface area contributed by atoms with Gasteiger partial charge in [-0.25, -0.2) is 0 Å². The molecule has 3 rings (SSSR count). The van der Waals surface area contributed by atoms with Crippen LogP contribution in [0.5, 0.6) is 0 Å². The zero-order valence-electron chi connectivity index (χ0n) is 12.1. The van der Waals surface area contributed by atoms with E-state index >= 15 is 0 Å². The number of benzene rings is 2. The van der Waals surface area contributed by atoms with Crippen molar-refractivity contribution < 1.29 is 4.74 Å². The van der Waals surface area contributed by atoms with Crippen LogP contribution in [0.1, 0.15) is 24.2 Å². The Bertz CT molecular complexity index is 784. The van der Waals surface area contributed by atoms with Gasteiger partial charge in [0.1, 0.15) is 0 Å². The smallest absolute Gasteiger partial charge is 0.0831 e. The van der Waals surface area contributed by atoms with E-state index in [0.29, 0.717) is 16.7 Å². The SMILES string of the molecule is CC(OCc1ccc2ccccc2c1)c1c(Cl)cncc1Cl. The van der Waals surface area contributed by atoms with Gasteiger partial charge in [0.15, 0.2) is 0 Å². The van der Waals surface area contributed by atoms with E-state index in [2.05, 4.69) is 35.3 Å². The third kappa shape index (κ3) is 3.25. The van der Waals surface area contributed by atoms with Crippen molar-refractivity contribution in [3.8, 4) is 0 Å². The zero-order valence-corrected chi connectivity index (χ0v) is 13.6. The highest BCUT2D eigenvalue weighted by atomic mass is 35.5. The third-order valence-corrected chi connectivity index (χ3v) is 4.21. The topological polar surface area (TPSA) is 22.1 Å². The van der Waals surface area contributed by atoms with Gasteiger partial charge in [0.25, 0.3) is 0 Å². The normalized spacial score (nSPS) is 12.5. The zero-order chi connectivity index (χ0) is 15.5. The lowest BCUT2D eigenvalue weighted by Gasteiger charge is -2.16. The van der Waals surface area contributed by atoms with Crippen LogP contribution in [0.3, 0.4) is 0 Å². The second kappa shape index (κ2) is 6.66. The van der Waals surface area contributed by atoms with Crippen LogP contribution in [0.25, 0.3) is 10.8 Å². The Kier molecular flexibility index (Phi) is 4.63. The maximum absolute atomic E-state index is 6.16. The van der Waals surface area contributed by atoms with Gasteiger partial charge < -0.3 is 4.74 Å². The van der Waals surface area contributed by atoms with E-state index in [1.807, 2.05) is 19.1 Å². The van der Waals surface area contributed by atoms with Gasteiger partial charge in [-0.15, -0.1) is 0 Å². The number of rotatable bonds is 4. The fraction of sp³-hybridized carbons (Fsp3) is 0.167. The molecule has 0 spiro atoms. The van der Waals surface area contributed by atoms with E-state index in [0.717, 1.165) is 11.1 Å². The molecule has 1 heterocycles. The standard InChI is InChI=1S/C18H15Cl2NO/c1-12(18-16(19)9-21-10-17(18)20)22-11-13-6-7-14-4-2-3-5-15(14)8-13/h2-10,12H,11H2,1H3. The van der Waals surface area contributed by atoms with Crippen LogP contribution in [-0.4, -0.2) is 4.98 Å². The summed E-state index contributed by atoms with van der Waals surface area (Å²) in [4.78, 5) is 3.96. The second-order valence-electron chi connectivity index (χ2n) is 5.15. The minimum Gasteiger partial charge on any atom is -0.369 e. The summed E-state index contributed by atoms with van der Waals surface area (Å²) in [6.45, 7) is 2.44. The molecule has 112 valence electrons. The first-order chi connectivity index (χ1) is 10.6. The number of pyridine rings is 1. The number of halogens is 2. The Morgan fingerprint density at radius 1 is 1.00 bits per heavy atom. The summed E-state index contributed by atoms with van der Waals surface area (Å²) in [5.41, 5.74) is 1.89. The Morgan fingerprint density at radius 3 is 2.41 bits per heavy atom. The summed E-state index contributed by atoms with van der Waals surface area (Å²) in [6.07, 6.45) is 2.96. The van der Waals surface area contributed by atoms with Crippen molar-refractivity contribution >= 4 is 34.0 Å². The predicted molar refractivity (Wildman–Crippen MR) is 91.4 cm³/mol. The van der Waals surface area contributed by atoms with E-state index in [-0.39, 0.29) is 6.10 Å². The van der Waals surface area contributed by atoms with Crippen molar-refractivity contribution in [1.29, 1.82) is 0 Å². The molecule has 3 aromatic rings. The molecule has 0 saturated carbocycles. The van der Waals surface area contributed by atoms with Crippen LogP contribution in [0.2, 0.25) is 10.0 Å². The molecule has 0 aliphatic heterocycles. The van der Waals surface area contributed by atoms with Crippen molar-refractivity contribution in [2.75, 3.05) is 0 Å². The molecule has 1 aromatic heterocycles. The Morgan fingerprint density at radius 2 is 1.68 bits per heavy atom. The maximum atomic E-state index is 6.16. The van der Waals surface area contributed by atoms with Crippen molar-refractivity contribution in [2.45, 2.75) is 19.6 Å². The minimum atomic E-state index is -0.200. The molecule has 0 aliphatic rings. The second-order valence-corrected chi connectivity index (χ2v) is 5.97. The molecule has 1 atom stereocenters. The lowest BCUT2D eigenvalue weighted by Crippen LogP contribution is -2.02. The quantitative estimate of drug-likeness (QED) is 0.600. The minimum absolute atomic E-state index is 0.200. The number of aromatic nitrogens is 1. The molecule has 0 aliphatic carbocycles. The Balaban J connectivity index is 1.76. The molecule has 2 aromatic carbocycles. The largest absolute Gasteiger partial charge is 0.369 e. The molecule has 0 radical (unpaired) electrons. The summed E-state index contributed by atoms with van der Waals surface area (Å²) in [6, 6.07) is 14.6. The molecule has 22 heavy (non-hydrogen) atoms. The first-order valence-electron chi connectivity index (χ1n) is 7.03. The van der Waals surface area contributed by atoms with Gasteiger partial charge in [-0.3, -0.25) is 4.98 Å². The molecule has 0 bridgehead atoms. The van der Waals surface area contributed by atoms with Crippen molar-refractivity contribution in [2.24, 2.45) is 0 Å². The van der Waals surface area contributed by atoms with Crippen LogP contribution in [0, 0.1) is 0 Å². The number of fused-ring (bicyclic) bond motifs is 1. The molecule has 0 saturated heterocycles. The molecule has 0 N–H and O–H groups in total. The number of hydrogen-bond acceptors (Lipinski definition) is 2. The number of nitrogens with zero attached hydrogens (tertiary/aromatic N) is 1. The summed E-state index contributed by atoms with van der Waals surface area (Å²) in [5.74, 6) is 0. The van der Waals surface area contributed by atoms with Crippen molar-refractivity contribution in [3.05, 3.63) is 76.0 Å². The van der Waals surface area contributed by atoms with Gasteiger partial charge in [0.05, 0.1) is 22.8 Å². The van der Waals surface area contributed by atoms with E-state index in [9.17, 15) is 0 Å². The highest BCUT2D eigenvalue weighted by Crippen LogP contribution is 2.31. The summed E-state index contributed by atoms with van der Waals surface area (Å²) in [5, 5.41) is 3.48. The van der Waals surface area contributed by atoms with E-state index in [1.54, 1.807) is 12.4 Å². The van der Waals surface area contributed by atoms with Crippen molar-refractivity contribution in [1.82, 2.24) is 4.98 Å². The molecule has 1 unspecified atom stereocenters. The first kappa shape index (κ1) is 15.3. The predicted octanol–water partition coefficient (Wildman–Crippen LogP) is 5.82. The Labute approximate surface area is 139 Å². The van der Waals surface area contributed by atoms with Gasteiger partial charge in [-0.2, -0.15) is 0 Å². The first-order valence-corrected chi connectivity index (χ1v) is 7.79. The van der Waals surface area contributed by atoms with E-state index in [1.165, 1.54) is 10.8 Å². The monoisotopic (exact) mass is 331 g/mol. The average Bonchev–Trinajstić information content (AvgIpc) is 2.52. The van der Waals surface area contributed by atoms with Gasteiger partial charge in [0, 0.05) is 18.0 Å². The van der Waals surface area contributed by atoms with Crippen LogP contribution in [0.15, 0.2) is 54.9 Å². The van der Waals surface area contributed by atoms with E-state index in [4.69, 9.17) is 27.9 Å². The fourth-order valence-electron chi connectivity index (χ4n) is 2.44. The lowest BCUT2D eigenvalue weighted by atomic mass is 10.1. The highest BCUT2D eigenvalue weighted by molar-refractivity contribution is 6.35. The third-order valence-electron chi connectivity index (χ3n) is 3.61. The van der Waals surface area contributed by atoms with Gasteiger partial charge in [0.2, 0.25) is 0 Å². The Hall–Kier alpha value is -1.61. The molecule has 0 fully saturated rings. The van der Waals surface area contributed by atoms with Gasteiger partial charge in [-0.1, -0.05) is 59.6 Å². The molecule has 4 heteroatoms. The summed E-state index contributed by atoms with van der Waals surface area (Å²) in [7, 11) is 0. The average molecular weight is 332 g/mol. The summed E-state index contributed by atoms with van der Waals surface area (Å²) < 4.78 is 5.93. The highest BCUT2D eigenvalue weighted by Gasteiger charge is 2.14. The lowest BCUT2D eigenvalue weighted by molar-refractivity contribution is 0.0527. The molecular formula is C18H15Cl2NO. The fourth-order valence-corrected chi connectivity index (χ4v) is 3.11. The van der Waals surface area contributed by atoms with Crippen LogP contribution >= 0.6 is 23.2 Å². The van der Waals surface area contributed by atoms with Crippen LogP contribution < -0.4 is 0 Å². The molecule has 0 amide bonds. The molecule has 2 nitrogen and oxygen atoms in total. The van der Waals surface area contributed by atoms with Gasteiger partial charge >= 0.3 is 0 Å². The van der Waals surface area contributed by atoms with Crippen molar-refractivity contribution in [3.63, 3.8) is 0 Å². The number of ether oxygens (including phenoxy) is 1. The molecular weight excluding hydrogens is 317 g/mol. The van der Waals surface area contributed by atoms with Crippen LogP contribution in [-0.2, 0) is 11.3 Å². The van der Waals surface area contributed by atoms with Crippen LogP contribution in [0.4, 0.5) is 0 Å². The maximum Gasteiger partial charge on any atom is 0.0831 e. The van der Waals surface area contributed by atoms with E-state index < -0.39 is 0 Å². The summed E-state index contributed by atoms with van der Waals surface area (Å²) >= 11 is 12.3. The number of hydrogen-bond donors (Lipinski definition) is 0. The van der Waals surface area contributed by atoms with Gasteiger partial charge in [-0.05, 0) is 29.3 Å².